The zero-order valence-corrected chi connectivity index (χ0v) is 17.4. The molecule has 0 spiro atoms. The quantitative estimate of drug-likeness (QED) is 0.550. The van der Waals surface area contributed by atoms with Crippen LogP contribution in [0.15, 0.2) is 12.2 Å². The Morgan fingerprint density at radius 3 is 1.75 bits per heavy atom. The molecule has 24 heavy (non-hydrogen) atoms. The molecule has 0 saturated carbocycles. The molecule has 0 saturated heterocycles. The minimum atomic E-state index is -0.310. The first-order valence-electron chi connectivity index (χ1n) is 9.18. The average Bonchev–Trinajstić information content (AvgIpc) is 2.39. The van der Waals surface area contributed by atoms with Gasteiger partial charge in [0.15, 0.2) is 0 Å². The van der Waals surface area contributed by atoms with E-state index in [1.807, 2.05) is 13.8 Å². The number of hydrogen-bond donors (Lipinski definition) is 2. The van der Waals surface area contributed by atoms with Crippen molar-refractivity contribution in [3.05, 3.63) is 12.2 Å². The van der Waals surface area contributed by atoms with Crippen LogP contribution in [0.4, 0.5) is 0 Å². The number of nitrogens with zero attached hydrogens (tertiary/aromatic N) is 1. The van der Waals surface area contributed by atoms with Crippen molar-refractivity contribution in [1.82, 2.24) is 0 Å². The largest absolute Gasteiger partial charge is 0.330 e. The van der Waals surface area contributed by atoms with Crippen LogP contribution in [0.5, 0.6) is 0 Å². The molecule has 0 aromatic carbocycles. The summed E-state index contributed by atoms with van der Waals surface area (Å²) < 4.78 is 0. The Hall–Kier alpha value is -0.850. The molecule has 0 aromatic rings. The van der Waals surface area contributed by atoms with Crippen molar-refractivity contribution < 1.29 is 0 Å². The summed E-state index contributed by atoms with van der Waals surface area (Å²) in [5, 5.41) is 9.62. The third kappa shape index (κ3) is 9.45. The van der Waals surface area contributed by atoms with Gasteiger partial charge in [0, 0.05) is 5.54 Å². The van der Waals surface area contributed by atoms with Gasteiger partial charge in [0.25, 0.3) is 0 Å². The summed E-state index contributed by atoms with van der Waals surface area (Å²) in [5.41, 5.74) is 11.9. The van der Waals surface area contributed by atoms with Gasteiger partial charge in [-0.3, -0.25) is 0 Å². The van der Waals surface area contributed by atoms with Crippen LogP contribution in [0.25, 0.3) is 0 Å². The van der Waals surface area contributed by atoms with Gasteiger partial charge in [0.2, 0.25) is 0 Å². The first-order chi connectivity index (χ1) is 10.6. The summed E-state index contributed by atoms with van der Waals surface area (Å²) in [4.78, 5) is 0. The van der Waals surface area contributed by atoms with E-state index in [-0.39, 0.29) is 27.7 Å². The second-order valence-electron chi connectivity index (χ2n) is 10.5. The van der Waals surface area contributed by atoms with E-state index in [0.29, 0.717) is 6.54 Å². The van der Waals surface area contributed by atoms with Crippen molar-refractivity contribution in [2.75, 3.05) is 6.54 Å². The lowest BCUT2D eigenvalue weighted by atomic mass is 9.65. The predicted molar refractivity (Wildman–Crippen MR) is 105 cm³/mol. The zero-order valence-electron chi connectivity index (χ0n) is 17.4. The van der Waals surface area contributed by atoms with E-state index in [1.165, 1.54) is 0 Å². The fraction of sp³-hybridized carbons (Fsp3) is 0.857. The lowest BCUT2D eigenvalue weighted by Crippen LogP contribution is -2.39. The van der Waals surface area contributed by atoms with Crippen molar-refractivity contribution in [2.45, 2.75) is 86.6 Å². The maximum Gasteiger partial charge on any atom is 0.0662 e. The Balaban J connectivity index is 4.82. The summed E-state index contributed by atoms with van der Waals surface area (Å²) >= 11 is 0. The van der Waals surface area contributed by atoms with Crippen LogP contribution in [0.3, 0.4) is 0 Å². The van der Waals surface area contributed by atoms with Gasteiger partial charge in [-0.2, -0.15) is 5.26 Å². The molecule has 0 heterocycles. The summed E-state index contributed by atoms with van der Waals surface area (Å²) in [6.07, 6.45) is 8.28. The molecular formula is C21H41N3. The van der Waals surface area contributed by atoms with Crippen LogP contribution < -0.4 is 11.5 Å². The molecule has 0 fully saturated rings. The fourth-order valence-electron chi connectivity index (χ4n) is 3.34. The molecule has 3 nitrogen and oxygen atoms in total. The molecule has 0 radical (unpaired) electrons. The van der Waals surface area contributed by atoms with Crippen LogP contribution in [0, 0.1) is 33.5 Å². The Kier molecular flexibility index (Phi) is 8.20. The van der Waals surface area contributed by atoms with Crippen LogP contribution >= 0.6 is 0 Å². The van der Waals surface area contributed by atoms with Crippen molar-refractivity contribution in [2.24, 2.45) is 33.6 Å². The summed E-state index contributed by atoms with van der Waals surface area (Å²) in [7, 11) is 0. The van der Waals surface area contributed by atoms with Gasteiger partial charge >= 0.3 is 0 Å². The number of rotatable bonds is 10. The number of nitriles is 1. The highest BCUT2D eigenvalue weighted by Gasteiger charge is 2.37. The summed E-state index contributed by atoms with van der Waals surface area (Å²) in [6.45, 7) is 18.1. The molecule has 1 atom stereocenters. The van der Waals surface area contributed by atoms with E-state index in [2.05, 4.69) is 59.8 Å². The molecule has 1 unspecified atom stereocenters. The highest BCUT2D eigenvalue weighted by molar-refractivity contribution is 5.00. The van der Waals surface area contributed by atoms with Gasteiger partial charge in [-0.25, -0.2) is 0 Å². The molecule has 0 amide bonds. The van der Waals surface area contributed by atoms with Gasteiger partial charge in [-0.05, 0) is 62.3 Å². The van der Waals surface area contributed by atoms with Crippen LogP contribution in [-0.4, -0.2) is 12.1 Å². The number of hydrogen-bond acceptors (Lipinski definition) is 3. The van der Waals surface area contributed by atoms with E-state index >= 15 is 0 Å². The molecule has 0 aliphatic rings. The standard InChI is InChI=1S/C21H41N3/c1-18(2,11-9-10-12-19(3,4)16-23)15-20(5,6)17(14-22)13-21(7,8)24/h9-10,17H,11-13,15-16,23-24H2,1-8H3/b10-9+. The molecule has 140 valence electrons. The van der Waals surface area contributed by atoms with Gasteiger partial charge < -0.3 is 11.5 Å². The minimum Gasteiger partial charge on any atom is -0.330 e. The Morgan fingerprint density at radius 2 is 1.38 bits per heavy atom. The maximum atomic E-state index is 9.62. The fourth-order valence-corrected chi connectivity index (χ4v) is 3.34. The highest BCUT2D eigenvalue weighted by Crippen LogP contribution is 2.43. The molecule has 3 heteroatoms. The monoisotopic (exact) mass is 335 g/mol. The van der Waals surface area contributed by atoms with Crippen LogP contribution in [0.2, 0.25) is 0 Å². The topological polar surface area (TPSA) is 75.8 Å². The van der Waals surface area contributed by atoms with Crippen LogP contribution in [0.1, 0.15) is 81.1 Å². The van der Waals surface area contributed by atoms with Crippen molar-refractivity contribution in [3.63, 3.8) is 0 Å². The molecule has 0 bridgehead atoms. The average molecular weight is 336 g/mol. The zero-order chi connectivity index (χ0) is 19.2. The van der Waals surface area contributed by atoms with E-state index in [9.17, 15) is 5.26 Å². The smallest absolute Gasteiger partial charge is 0.0662 e. The SMILES string of the molecule is CC(C)(N)CC(C#N)C(C)(C)CC(C)(C)C/C=C/CC(C)(C)CN. The van der Waals surface area contributed by atoms with Gasteiger partial charge in [0.1, 0.15) is 0 Å². The third-order valence-electron chi connectivity index (χ3n) is 4.82. The second-order valence-corrected chi connectivity index (χ2v) is 10.5. The van der Waals surface area contributed by atoms with Gasteiger partial charge in [-0.15, -0.1) is 0 Å². The Labute approximate surface area is 150 Å². The van der Waals surface area contributed by atoms with E-state index in [1.54, 1.807) is 0 Å². The van der Waals surface area contributed by atoms with E-state index < -0.39 is 0 Å². The Morgan fingerprint density at radius 1 is 0.917 bits per heavy atom. The third-order valence-corrected chi connectivity index (χ3v) is 4.82. The van der Waals surface area contributed by atoms with Crippen molar-refractivity contribution in [1.29, 1.82) is 5.26 Å². The van der Waals surface area contributed by atoms with Crippen LogP contribution in [-0.2, 0) is 0 Å². The number of allylic oxidation sites excluding steroid dienone is 2. The van der Waals surface area contributed by atoms with E-state index in [0.717, 1.165) is 25.7 Å². The Bertz CT molecular complexity index is 445. The molecule has 0 aliphatic carbocycles. The van der Waals surface area contributed by atoms with Crippen molar-refractivity contribution >= 4 is 0 Å². The summed E-state index contributed by atoms with van der Waals surface area (Å²) in [6, 6.07) is 2.50. The molecule has 0 aliphatic heterocycles. The normalized spacial score (nSPS) is 15.5. The van der Waals surface area contributed by atoms with Crippen molar-refractivity contribution in [3.8, 4) is 6.07 Å². The van der Waals surface area contributed by atoms with Gasteiger partial charge in [0.05, 0.1) is 12.0 Å². The predicted octanol–water partition coefficient (Wildman–Crippen LogP) is 5.02. The van der Waals surface area contributed by atoms with Gasteiger partial charge in [-0.1, -0.05) is 53.7 Å². The lowest BCUT2D eigenvalue weighted by Gasteiger charge is -2.39. The lowest BCUT2D eigenvalue weighted by molar-refractivity contribution is 0.132. The number of nitrogens with two attached hydrogens (primary N) is 2. The maximum absolute atomic E-state index is 9.62. The molecular weight excluding hydrogens is 294 g/mol. The molecule has 0 rings (SSSR count). The second kappa shape index (κ2) is 8.50. The molecule has 0 aromatic heterocycles. The van der Waals surface area contributed by atoms with E-state index in [4.69, 9.17) is 11.5 Å². The molecule has 4 N–H and O–H groups in total. The highest BCUT2D eigenvalue weighted by atomic mass is 14.7. The first kappa shape index (κ1) is 23.1. The first-order valence-corrected chi connectivity index (χ1v) is 9.18. The summed E-state index contributed by atoms with van der Waals surface area (Å²) in [5.74, 6) is -0.0306. The minimum absolute atomic E-state index is 0.0306.